The number of carboxylic acids is 1. The Bertz CT molecular complexity index is 173. The molecule has 0 saturated carbocycles. The topological polar surface area (TPSA) is 67.8 Å². The van der Waals surface area contributed by atoms with Gasteiger partial charge in [0.25, 0.3) is 0 Å². The Morgan fingerprint density at radius 2 is 2.00 bits per heavy atom. The maximum absolute atomic E-state index is 10.6. The van der Waals surface area contributed by atoms with Crippen molar-refractivity contribution in [1.29, 1.82) is 0 Å². The number of rotatable bonds is 9. The SMILES string of the molecule is CNC(CCOCCOC(C)C)C(=O)O. The predicted octanol–water partition coefficient (Wildman–Crippen LogP) is 0.491. The van der Waals surface area contributed by atoms with E-state index in [0.717, 1.165) is 0 Å². The highest BCUT2D eigenvalue weighted by Crippen LogP contribution is 1.93. The van der Waals surface area contributed by atoms with Gasteiger partial charge in [0.05, 0.1) is 19.3 Å². The molecule has 2 N–H and O–H groups in total. The summed E-state index contributed by atoms with van der Waals surface area (Å²) >= 11 is 0. The van der Waals surface area contributed by atoms with Crippen LogP contribution in [0.25, 0.3) is 0 Å². The molecule has 0 saturated heterocycles. The van der Waals surface area contributed by atoms with Gasteiger partial charge in [-0.25, -0.2) is 0 Å². The highest BCUT2D eigenvalue weighted by Gasteiger charge is 2.13. The highest BCUT2D eigenvalue weighted by molar-refractivity contribution is 5.73. The molecule has 1 atom stereocenters. The number of hydrogen-bond donors (Lipinski definition) is 2. The van der Waals surface area contributed by atoms with Gasteiger partial charge < -0.3 is 19.9 Å². The lowest BCUT2D eigenvalue weighted by atomic mass is 10.2. The molecular formula is C10H21NO4. The standard InChI is InChI=1S/C10H21NO4/c1-8(2)15-7-6-14-5-4-9(11-3)10(12)13/h8-9,11H,4-7H2,1-3H3,(H,12,13). The molecule has 5 nitrogen and oxygen atoms in total. The number of carbonyl (C=O) groups is 1. The van der Waals surface area contributed by atoms with Gasteiger partial charge in [-0.1, -0.05) is 0 Å². The van der Waals surface area contributed by atoms with Crippen molar-refractivity contribution in [2.45, 2.75) is 32.4 Å². The average molecular weight is 219 g/mol. The van der Waals surface area contributed by atoms with Crippen LogP contribution < -0.4 is 5.32 Å². The van der Waals surface area contributed by atoms with Gasteiger partial charge in [-0.15, -0.1) is 0 Å². The van der Waals surface area contributed by atoms with Crippen LogP contribution in [0.15, 0.2) is 0 Å². The van der Waals surface area contributed by atoms with Gasteiger partial charge in [-0.2, -0.15) is 0 Å². The van der Waals surface area contributed by atoms with E-state index in [1.165, 1.54) is 0 Å². The fourth-order valence-corrected chi connectivity index (χ4v) is 1.04. The second-order valence-electron chi connectivity index (χ2n) is 3.50. The van der Waals surface area contributed by atoms with E-state index in [4.69, 9.17) is 14.6 Å². The number of carboxylic acid groups (broad SMARTS) is 1. The molecule has 0 rings (SSSR count). The van der Waals surface area contributed by atoms with Crippen LogP contribution in [0.3, 0.4) is 0 Å². The van der Waals surface area contributed by atoms with E-state index in [1.54, 1.807) is 7.05 Å². The molecule has 90 valence electrons. The van der Waals surface area contributed by atoms with Crippen LogP contribution in [0.2, 0.25) is 0 Å². The smallest absolute Gasteiger partial charge is 0.320 e. The van der Waals surface area contributed by atoms with Crippen LogP contribution in [-0.4, -0.2) is 50.1 Å². The van der Waals surface area contributed by atoms with Crippen LogP contribution >= 0.6 is 0 Å². The number of ether oxygens (including phenoxy) is 2. The average Bonchev–Trinajstić information content (AvgIpc) is 2.15. The molecule has 0 bridgehead atoms. The Hall–Kier alpha value is -0.650. The van der Waals surface area contributed by atoms with Gasteiger partial charge in [-0.3, -0.25) is 4.79 Å². The lowest BCUT2D eigenvalue weighted by Crippen LogP contribution is -2.34. The second kappa shape index (κ2) is 8.64. The van der Waals surface area contributed by atoms with E-state index in [-0.39, 0.29) is 6.10 Å². The van der Waals surface area contributed by atoms with Crippen molar-refractivity contribution < 1.29 is 19.4 Å². The number of likely N-dealkylation sites (N-methyl/N-ethyl adjacent to an activating group) is 1. The fraction of sp³-hybridized carbons (Fsp3) is 0.900. The third-order valence-electron chi connectivity index (χ3n) is 1.88. The second-order valence-corrected chi connectivity index (χ2v) is 3.50. The summed E-state index contributed by atoms with van der Waals surface area (Å²) in [6, 6.07) is -0.531. The lowest BCUT2D eigenvalue weighted by Gasteiger charge is -2.11. The van der Waals surface area contributed by atoms with Crippen LogP contribution in [0.4, 0.5) is 0 Å². The first-order chi connectivity index (χ1) is 7.07. The van der Waals surface area contributed by atoms with E-state index in [0.29, 0.717) is 26.2 Å². The van der Waals surface area contributed by atoms with Crippen molar-refractivity contribution in [2.24, 2.45) is 0 Å². The molecule has 0 radical (unpaired) electrons. The highest BCUT2D eigenvalue weighted by atomic mass is 16.5. The van der Waals surface area contributed by atoms with Gasteiger partial charge in [0.15, 0.2) is 0 Å². The minimum atomic E-state index is -0.848. The van der Waals surface area contributed by atoms with Crippen molar-refractivity contribution >= 4 is 5.97 Å². The third kappa shape index (κ3) is 8.35. The van der Waals surface area contributed by atoms with Crippen molar-refractivity contribution in [3.63, 3.8) is 0 Å². The van der Waals surface area contributed by atoms with Gasteiger partial charge in [0, 0.05) is 6.61 Å². The lowest BCUT2D eigenvalue weighted by molar-refractivity contribution is -0.139. The van der Waals surface area contributed by atoms with Crippen LogP contribution in [0, 0.1) is 0 Å². The first-order valence-electron chi connectivity index (χ1n) is 5.17. The molecule has 0 aromatic rings. The predicted molar refractivity (Wildman–Crippen MR) is 57.0 cm³/mol. The summed E-state index contributed by atoms with van der Waals surface area (Å²) in [6.07, 6.45) is 0.672. The van der Waals surface area contributed by atoms with E-state index >= 15 is 0 Å². The summed E-state index contributed by atoms with van der Waals surface area (Å²) < 4.78 is 10.5. The normalized spacial score (nSPS) is 13.1. The molecule has 15 heavy (non-hydrogen) atoms. The van der Waals surface area contributed by atoms with Crippen molar-refractivity contribution in [3.8, 4) is 0 Å². The van der Waals surface area contributed by atoms with E-state index in [1.807, 2.05) is 13.8 Å². The molecule has 0 spiro atoms. The molecule has 1 unspecified atom stereocenters. The Balaban J connectivity index is 3.33. The Labute approximate surface area is 90.8 Å². The number of hydrogen-bond acceptors (Lipinski definition) is 4. The molecule has 5 heteroatoms. The van der Waals surface area contributed by atoms with Gasteiger partial charge in [0.1, 0.15) is 6.04 Å². The van der Waals surface area contributed by atoms with Crippen LogP contribution in [-0.2, 0) is 14.3 Å². The molecular weight excluding hydrogens is 198 g/mol. The van der Waals surface area contributed by atoms with Crippen molar-refractivity contribution in [2.75, 3.05) is 26.9 Å². The van der Waals surface area contributed by atoms with Crippen molar-refractivity contribution in [3.05, 3.63) is 0 Å². The molecule has 0 heterocycles. The maximum atomic E-state index is 10.6. The number of nitrogens with one attached hydrogen (secondary N) is 1. The summed E-state index contributed by atoms with van der Waals surface area (Å²) in [5.41, 5.74) is 0. The van der Waals surface area contributed by atoms with Crippen molar-refractivity contribution in [1.82, 2.24) is 5.32 Å². The van der Waals surface area contributed by atoms with Crippen LogP contribution in [0.5, 0.6) is 0 Å². The molecule has 0 fully saturated rings. The minimum absolute atomic E-state index is 0.206. The summed E-state index contributed by atoms with van der Waals surface area (Å²) in [4.78, 5) is 10.6. The first-order valence-corrected chi connectivity index (χ1v) is 5.17. The van der Waals surface area contributed by atoms with E-state index in [2.05, 4.69) is 5.32 Å². The summed E-state index contributed by atoms with van der Waals surface area (Å²) in [7, 11) is 1.63. The van der Waals surface area contributed by atoms with E-state index < -0.39 is 12.0 Å². The van der Waals surface area contributed by atoms with Gasteiger partial charge in [0.2, 0.25) is 0 Å². The van der Waals surface area contributed by atoms with E-state index in [9.17, 15) is 4.79 Å². The monoisotopic (exact) mass is 219 g/mol. The maximum Gasteiger partial charge on any atom is 0.320 e. The molecule has 0 aliphatic carbocycles. The van der Waals surface area contributed by atoms with Gasteiger partial charge >= 0.3 is 5.97 Å². The van der Waals surface area contributed by atoms with Crippen LogP contribution in [0.1, 0.15) is 20.3 Å². The zero-order chi connectivity index (χ0) is 11.7. The largest absolute Gasteiger partial charge is 0.480 e. The first kappa shape index (κ1) is 14.3. The minimum Gasteiger partial charge on any atom is -0.480 e. The molecule has 0 amide bonds. The zero-order valence-corrected chi connectivity index (χ0v) is 9.66. The van der Waals surface area contributed by atoms with Gasteiger partial charge in [-0.05, 0) is 27.3 Å². The summed E-state index contributed by atoms with van der Waals surface area (Å²) in [5, 5.41) is 11.4. The fourth-order valence-electron chi connectivity index (χ4n) is 1.04. The molecule has 0 aliphatic rings. The Kier molecular flexibility index (Phi) is 8.27. The summed E-state index contributed by atoms with van der Waals surface area (Å²) in [6.45, 7) is 5.41. The summed E-state index contributed by atoms with van der Waals surface area (Å²) in [5.74, 6) is -0.848. The quantitative estimate of drug-likeness (QED) is 0.552. The Morgan fingerprint density at radius 3 is 2.47 bits per heavy atom. The number of aliphatic carboxylic acids is 1. The molecule has 0 aromatic carbocycles. The third-order valence-corrected chi connectivity index (χ3v) is 1.88. The Morgan fingerprint density at radius 1 is 1.33 bits per heavy atom. The zero-order valence-electron chi connectivity index (χ0n) is 9.66. The molecule has 0 aliphatic heterocycles. The molecule has 0 aromatic heterocycles.